The molecule has 1 aromatic rings. The van der Waals surface area contributed by atoms with E-state index in [1.165, 1.54) is 18.2 Å². The average molecular weight is 406 g/mol. The van der Waals surface area contributed by atoms with Crippen molar-refractivity contribution in [3.63, 3.8) is 0 Å². The Morgan fingerprint density at radius 2 is 1.28 bits per heavy atom. The zero-order chi connectivity index (χ0) is 22.0. The van der Waals surface area contributed by atoms with Gasteiger partial charge in [0.05, 0.1) is 0 Å². The van der Waals surface area contributed by atoms with E-state index < -0.39 is 36.1 Å². The van der Waals surface area contributed by atoms with Crippen molar-refractivity contribution in [2.24, 2.45) is 0 Å². The molecule has 29 heavy (non-hydrogen) atoms. The van der Waals surface area contributed by atoms with Crippen molar-refractivity contribution >= 4 is 47.4 Å². The van der Waals surface area contributed by atoms with Gasteiger partial charge in [0.2, 0.25) is 0 Å². The van der Waals surface area contributed by atoms with E-state index in [1.54, 1.807) is 6.92 Å². The molecule has 0 saturated carbocycles. The van der Waals surface area contributed by atoms with Crippen LogP contribution >= 0.6 is 0 Å². The second kappa shape index (κ2) is 10.6. The van der Waals surface area contributed by atoms with Gasteiger partial charge in [-0.25, -0.2) is 28.8 Å². The molecular weight excluding hydrogens is 392 g/mol. The molecule has 0 atom stereocenters. The monoisotopic (exact) mass is 406 g/mol. The molecule has 0 radical (unpaired) electrons. The summed E-state index contributed by atoms with van der Waals surface area (Å²) in [7, 11) is 0. The Hall–Kier alpha value is -4.48. The highest BCUT2D eigenvalue weighted by Crippen LogP contribution is 2.20. The van der Waals surface area contributed by atoms with Gasteiger partial charge in [-0.1, -0.05) is 6.07 Å². The molecule has 0 aliphatic rings. The van der Waals surface area contributed by atoms with Crippen molar-refractivity contribution in [2.45, 2.75) is 6.92 Å². The number of hydrogen-bond acceptors (Lipinski definition) is 8. The summed E-state index contributed by atoms with van der Waals surface area (Å²) in [4.78, 5) is 66.4. The fourth-order valence-corrected chi connectivity index (χ4v) is 1.64. The quantitative estimate of drug-likeness (QED) is 0.306. The Labute approximate surface area is 162 Å². The minimum atomic E-state index is -1.40. The van der Waals surface area contributed by atoms with Crippen LogP contribution in [0.5, 0.6) is 0 Å². The Kier molecular flexibility index (Phi) is 8.26. The zero-order valence-corrected chi connectivity index (χ0v) is 14.7. The zero-order valence-electron chi connectivity index (χ0n) is 14.7. The van der Waals surface area contributed by atoms with Crippen molar-refractivity contribution in [3.05, 3.63) is 48.1 Å². The molecule has 2 amide bonds. The standard InChI is InChI=1S/C17H14N2O10/c1-9-2-3-10(18-16(26)28-14(24)6-4-12(20)21)8-11(9)19-17(27)29-15(25)7-5-13(22)23/h2-8H,1H3,(H,18,26)(H,19,27)(H,20,21)(H,22,23)/b6-4-,7-5-. The van der Waals surface area contributed by atoms with Crippen LogP contribution in [0.15, 0.2) is 42.5 Å². The summed E-state index contributed by atoms with van der Waals surface area (Å²) in [6.45, 7) is 1.59. The van der Waals surface area contributed by atoms with Crippen molar-refractivity contribution in [1.82, 2.24) is 0 Å². The molecule has 152 valence electrons. The number of hydrogen-bond donors (Lipinski definition) is 4. The third kappa shape index (κ3) is 9.14. The van der Waals surface area contributed by atoms with Gasteiger partial charge in [0, 0.05) is 35.7 Å². The summed E-state index contributed by atoms with van der Waals surface area (Å²) < 4.78 is 8.63. The predicted octanol–water partition coefficient (Wildman–Crippen LogP) is 1.43. The Morgan fingerprint density at radius 3 is 1.76 bits per heavy atom. The molecule has 12 nitrogen and oxygen atoms in total. The minimum absolute atomic E-state index is 0.0861. The molecule has 0 bridgehead atoms. The van der Waals surface area contributed by atoms with E-state index in [-0.39, 0.29) is 11.4 Å². The van der Waals surface area contributed by atoms with Gasteiger partial charge in [-0.05, 0) is 24.6 Å². The van der Waals surface area contributed by atoms with Crippen LogP contribution in [0.25, 0.3) is 0 Å². The smallest absolute Gasteiger partial charge is 0.419 e. The lowest BCUT2D eigenvalue weighted by molar-refractivity contribution is -0.134. The number of esters is 2. The van der Waals surface area contributed by atoms with E-state index in [9.17, 15) is 28.8 Å². The first-order valence-corrected chi connectivity index (χ1v) is 7.55. The summed E-state index contributed by atoms with van der Waals surface area (Å²) >= 11 is 0. The van der Waals surface area contributed by atoms with Gasteiger partial charge in [-0.3, -0.25) is 10.6 Å². The molecule has 12 heteroatoms. The highest BCUT2D eigenvalue weighted by molar-refractivity contribution is 6.01. The summed E-state index contributed by atoms with van der Waals surface area (Å²) in [5, 5.41) is 21.2. The maximum absolute atomic E-state index is 11.7. The number of carboxylic acids is 2. The molecular formula is C17H14N2O10. The van der Waals surface area contributed by atoms with Gasteiger partial charge < -0.3 is 19.7 Å². The van der Waals surface area contributed by atoms with Crippen LogP contribution in [0.4, 0.5) is 21.0 Å². The topological polar surface area (TPSA) is 185 Å². The molecule has 1 rings (SSSR count). The van der Waals surface area contributed by atoms with E-state index in [1.807, 2.05) is 0 Å². The highest BCUT2D eigenvalue weighted by atomic mass is 16.6. The van der Waals surface area contributed by atoms with E-state index in [4.69, 9.17) is 10.2 Å². The van der Waals surface area contributed by atoms with Gasteiger partial charge in [-0.2, -0.15) is 0 Å². The highest BCUT2D eigenvalue weighted by Gasteiger charge is 2.13. The summed E-state index contributed by atoms with van der Waals surface area (Å²) in [5.41, 5.74) is 0.720. The molecule has 0 aromatic heterocycles. The second-order valence-electron chi connectivity index (χ2n) is 5.04. The average Bonchev–Trinajstić information content (AvgIpc) is 2.61. The molecule has 0 saturated heterocycles. The first kappa shape index (κ1) is 22.6. The van der Waals surface area contributed by atoms with Crippen LogP contribution < -0.4 is 10.6 Å². The van der Waals surface area contributed by atoms with Crippen LogP contribution in [-0.4, -0.2) is 46.3 Å². The first-order chi connectivity index (χ1) is 13.6. The number of nitrogens with one attached hydrogen (secondary N) is 2. The number of aliphatic carboxylic acids is 2. The number of aryl methyl sites for hydroxylation is 1. The van der Waals surface area contributed by atoms with Gasteiger partial charge >= 0.3 is 36.1 Å². The fourth-order valence-electron chi connectivity index (χ4n) is 1.64. The van der Waals surface area contributed by atoms with E-state index in [2.05, 4.69) is 20.1 Å². The van der Waals surface area contributed by atoms with E-state index in [0.29, 0.717) is 29.9 Å². The van der Waals surface area contributed by atoms with E-state index >= 15 is 0 Å². The van der Waals surface area contributed by atoms with Crippen LogP contribution in [0, 0.1) is 6.92 Å². The third-order valence-corrected chi connectivity index (χ3v) is 2.83. The van der Waals surface area contributed by atoms with Gasteiger partial charge in [0.15, 0.2) is 0 Å². The fraction of sp³-hybridized carbons (Fsp3) is 0.0588. The largest absolute Gasteiger partial charge is 0.478 e. The van der Waals surface area contributed by atoms with Gasteiger partial charge in [0.25, 0.3) is 0 Å². The minimum Gasteiger partial charge on any atom is -0.478 e. The van der Waals surface area contributed by atoms with Crippen molar-refractivity contribution < 1.29 is 48.5 Å². The van der Waals surface area contributed by atoms with E-state index in [0.717, 1.165) is 0 Å². The van der Waals surface area contributed by atoms with Crippen LogP contribution in [0.1, 0.15) is 5.56 Å². The summed E-state index contributed by atoms with van der Waals surface area (Å²) in [5.74, 6) is -5.23. The Balaban J connectivity index is 2.72. The van der Waals surface area contributed by atoms with Crippen molar-refractivity contribution in [3.8, 4) is 0 Å². The number of carboxylic acid groups (broad SMARTS) is 2. The lowest BCUT2D eigenvalue weighted by atomic mass is 10.2. The Morgan fingerprint density at radius 1 is 0.793 bits per heavy atom. The predicted molar refractivity (Wildman–Crippen MR) is 95.0 cm³/mol. The van der Waals surface area contributed by atoms with Gasteiger partial charge in [-0.15, -0.1) is 0 Å². The number of rotatable bonds is 6. The molecule has 4 N–H and O–H groups in total. The van der Waals surface area contributed by atoms with Crippen molar-refractivity contribution in [2.75, 3.05) is 10.6 Å². The number of benzene rings is 1. The molecule has 1 aromatic carbocycles. The normalized spacial score (nSPS) is 10.4. The maximum Gasteiger partial charge on any atom is 0.419 e. The van der Waals surface area contributed by atoms with Crippen LogP contribution in [0.2, 0.25) is 0 Å². The SMILES string of the molecule is Cc1ccc(NC(=O)OC(=O)/C=C\C(=O)O)cc1NC(=O)OC(=O)/C=C\C(=O)O. The Bertz CT molecular complexity index is 917. The number of carbonyl (C=O) groups is 6. The molecule has 0 aliphatic carbocycles. The summed E-state index contributed by atoms with van der Waals surface area (Å²) in [6.07, 6.45) is -0.362. The summed E-state index contributed by atoms with van der Waals surface area (Å²) in [6, 6.07) is 4.14. The third-order valence-electron chi connectivity index (χ3n) is 2.83. The molecule has 0 unspecified atom stereocenters. The lowest BCUT2D eigenvalue weighted by Gasteiger charge is -2.10. The molecule has 0 spiro atoms. The van der Waals surface area contributed by atoms with Crippen LogP contribution in [0.3, 0.4) is 0 Å². The molecule has 0 heterocycles. The molecule has 0 fully saturated rings. The lowest BCUT2D eigenvalue weighted by Crippen LogP contribution is -2.19. The maximum atomic E-state index is 11.7. The van der Waals surface area contributed by atoms with Gasteiger partial charge in [0.1, 0.15) is 0 Å². The second-order valence-corrected chi connectivity index (χ2v) is 5.04. The number of ether oxygens (including phenoxy) is 2. The van der Waals surface area contributed by atoms with Crippen molar-refractivity contribution in [1.29, 1.82) is 0 Å². The first-order valence-electron chi connectivity index (χ1n) is 7.55. The molecule has 0 aliphatic heterocycles. The number of anilines is 2. The van der Waals surface area contributed by atoms with Crippen LogP contribution in [-0.2, 0) is 28.7 Å². The number of carbonyl (C=O) groups excluding carboxylic acids is 4. The number of amides is 2.